The van der Waals surface area contributed by atoms with Gasteiger partial charge in [-0.3, -0.25) is 4.79 Å². The Labute approximate surface area is 91.6 Å². The van der Waals surface area contributed by atoms with E-state index in [0.29, 0.717) is 0 Å². The molecule has 0 heterocycles. The SMILES string of the molecule is CS(=O)(=O)c1cc(F)cc(C(N)C(=O)O)c1. The van der Waals surface area contributed by atoms with Crippen molar-refractivity contribution in [2.45, 2.75) is 10.9 Å². The minimum atomic E-state index is -3.60. The summed E-state index contributed by atoms with van der Waals surface area (Å²) in [7, 11) is -3.60. The number of sulfone groups is 1. The van der Waals surface area contributed by atoms with Gasteiger partial charge in [0.15, 0.2) is 9.84 Å². The highest BCUT2D eigenvalue weighted by molar-refractivity contribution is 7.90. The number of carboxylic acid groups (broad SMARTS) is 1. The van der Waals surface area contributed by atoms with Gasteiger partial charge < -0.3 is 10.8 Å². The van der Waals surface area contributed by atoms with E-state index in [1.807, 2.05) is 0 Å². The molecule has 1 unspecified atom stereocenters. The minimum absolute atomic E-state index is 0.0899. The molecule has 1 atom stereocenters. The van der Waals surface area contributed by atoms with Gasteiger partial charge in [0.2, 0.25) is 0 Å². The van der Waals surface area contributed by atoms with Gasteiger partial charge in [-0.05, 0) is 23.8 Å². The first-order chi connectivity index (χ1) is 7.21. The van der Waals surface area contributed by atoms with Crippen molar-refractivity contribution in [1.29, 1.82) is 0 Å². The molecule has 5 nitrogen and oxygen atoms in total. The average Bonchev–Trinajstić information content (AvgIpc) is 2.14. The van der Waals surface area contributed by atoms with Gasteiger partial charge >= 0.3 is 5.97 Å². The van der Waals surface area contributed by atoms with E-state index in [2.05, 4.69) is 0 Å². The van der Waals surface area contributed by atoms with Gasteiger partial charge in [-0.15, -0.1) is 0 Å². The molecule has 0 aliphatic rings. The van der Waals surface area contributed by atoms with Crippen molar-refractivity contribution in [2.24, 2.45) is 5.73 Å². The summed E-state index contributed by atoms with van der Waals surface area (Å²) < 4.78 is 35.4. The molecule has 0 radical (unpaired) electrons. The average molecular weight is 247 g/mol. The quantitative estimate of drug-likeness (QED) is 0.801. The summed E-state index contributed by atoms with van der Waals surface area (Å²) in [5.74, 6) is -2.19. The maximum Gasteiger partial charge on any atom is 0.325 e. The topological polar surface area (TPSA) is 97.5 Å². The van der Waals surface area contributed by atoms with Crippen LogP contribution in [0.3, 0.4) is 0 Å². The predicted molar refractivity (Wildman–Crippen MR) is 54.1 cm³/mol. The third-order valence-electron chi connectivity index (χ3n) is 1.95. The summed E-state index contributed by atoms with van der Waals surface area (Å²) in [6.07, 6.45) is 0.901. The van der Waals surface area contributed by atoms with E-state index in [-0.39, 0.29) is 10.5 Å². The fourth-order valence-electron chi connectivity index (χ4n) is 1.12. The Morgan fingerprint density at radius 2 is 2.00 bits per heavy atom. The lowest BCUT2D eigenvalue weighted by atomic mass is 10.1. The zero-order valence-electron chi connectivity index (χ0n) is 8.34. The number of benzene rings is 1. The highest BCUT2D eigenvalue weighted by Crippen LogP contribution is 2.18. The Morgan fingerprint density at radius 1 is 1.44 bits per heavy atom. The smallest absolute Gasteiger partial charge is 0.325 e. The van der Waals surface area contributed by atoms with Gasteiger partial charge in [0.05, 0.1) is 4.90 Å². The van der Waals surface area contributed by atoms with Crippen LogP contribution in [-0.2, 0) is 14.6 Å². The largest absolute Gasteiger partial charge is 0.480 e. The lowest BCUT2D eigenvalue weighted by Gasteiger charge is -2.08. The normalized spacial score (nSPS) is 13.4. The number of rotatable bonds is 3. The van der Waals surface area contributed by atoms with E-state index in [0.717, 1.165) is 24.5 Å². The molecule has 3 N–H and O–H groups in total. The van der Waals surface area contributed by atoms with Crippen molar-refractivity contribution in [3.63, 3.8) is 0 Å². The fraction of sp³-hybridized carbons (Fsp3) is 0.222. The molecule has 0 spiro atoms. The maximum absolute atomic E-state index is 13.1. The predicted octanol–water partition coefficient (Wildman–Crippen LogP) is 0.314. The first-order valence-electron chi connectivity index (χ1n) is 4.21. The van der Waals surface area contributed by atoms with E-state index >= 15 is 0 Å². The van der Waals surface area contributed by atoms with Crippen LogP contribution in [0.25, 0.3) is 0 Å². The van der Waals surface area contributed by atoms with Crippen molar-refractivity contribution in [2.75, 3.05) is 6.26 Å². The van der Waals surface area contributed by atoms with Gasteiger partial charge in [-0.25, -0.2) is 12.8 Å². The highest BCUT2D eigenvalue weighted by Gasteiger charge is 2.18. The van der Waals surface area contributed by atoms with Crippen LogP contribution in [-0.4, -0.2) is 25.7 Å². The summed E-state index contributed by atoms with van der Waals surface area (Å²) in [4.78, 5) is 10.3. The Bertz CT molecular complexity index is 526. The van der Waals surface area contributed by atoms with E-state index in [9.17, 15) is 17.6 Å². The first kappa shape index (κ1) is 12.6. The van der Waals surface area contributed by atoms with Crippen molar-refractivity contribution in [1.82, 2.24) is 0 Å². The van der Waals surface area contributed by atoms with Gasteiger partial charge in [-0.1, -0.05) is 0 Å². The molecule has 1 rings (SSSR count). The monoisotopic (exact) mass is 247 g/mol. The molecular weight excluding hydrogens is 237 g/mol. The number of carboxylic acids is 1. The minimum Gasteiger partial charge on any atom is -0.480 e. The molecule has 0 fully saturated rings. The Hall–Kier alpha value is -1.47. The number of hydrogen-bond acceptors (Lipinski definition) is 4. The molecule has 0 aliphatic carbocycles. The van der Waals surface area contributed by atoms with Crippen LogP contribution in [0.2, 0.25) is 0 Å². The molecule has 0 saturated heterocycles. The van der Waals surface area contributed by atoms with Crippen LogP contribution in [0.1, 0.15) is 11.6 Å². The summed E-state index contributed by atoms with van der Waals surface area (Å²) in [6.45, 7) is 0. The molecule has 16 heavy (non-hydrogen) atoms. The molecule has 88 valence electrons. The van der Waals surface area contributed by atoms with Crippen molar-refractivity contribution >= 4 is 15.8 Å². The molecule has 0 amide bonds. The highest BCUT2D eigenvalue weighted by atomic mass is 32.2. The number of aliphatic carboxylic acids is 1. The van der Waals surface area contributed by atoms with Gasteiger partial charge in [0.1, 0.15) is 11.9 Å². The van der Waals surface area contributed by atoms with E-state index < -0.39 is 27.7 Å². The van der Waals surface area contributed by atoms with E-state index in [1.165, 1.54) is 0 Å². The Balaban J connectivity index is 3.34. The molecule has 0 bridgehead atoms. The number of hydrogen-bond donors (Lipinski definition) is 2. The summed E-state index contributed by atoms with van der Waals surface area (Å²) in [5.41, 5.74) is 5.17. The Morgan fingerprint density at radius 3 is 2.44 bits per heavy atom. The zero-order chi connectivity index (χ0) is 12.5. The van der Waals surface area contributed by atoms with Crippen LogP contribution >= 0.6 is 0 Å². The van der Waals surface area contributed by atoms with Crippen molar-refractivity contribution < 1.29 is 22.7 Å². The zero-order valence-corrected chi connectivity index (χ0v) is 9.16. The van der Waals surface area contributed by atoms with E-state index in [4.69, 9.17) is 10.8 Å². The number of carbonyl (C=O) groups is 1. The van der Waals surface area contributed by atoms with Crippen LogP contribution < -0.4 is 5.73 Å². The Kier molecular flexibility index (Phi) is 3.30. The molecule has 1 aromatic rings. The molecule has 0 saturated carbocycles. The second kappa shape index (κ2) is 4.18. The van der Waals surface area contributed by atoms with Gasteiger partial charge in [0.25, 0.3) is 0 Å². The molecule has 0 aromatic heterocycles. The summed E-state index contributed by atoms with van der Waals surface area (Å²) in [6, 6.07) is 1.31. The number of nitrogens with two attached hydrogens (primary N) is 1. The maximum atomic E-state index is 13.1. The van der Waals surface area contributed by atoms with Crippen LogP contribution in [0, 0.1) is 5.82 Å². The van der Waals surface area contributed by atoms with Crippen LogP contribution in [0.15, 0.2) is 23.1 Å². The second-order valence-electron chi connectivity index (χ2n) is 3.31. The third kappa shape index (κ3) is 2.77. The lowest BCUT2D eigenvalue weighted by molar-refractivity contribution is -0.138. The van der Waals surface area contributed by atoms with Crippen molar-refractivity contribution in [3.05, 3.63) is 29.6 Å². The molecular formula is C9H10FNO4S. The number of halogens is 1. The summed E-state index contributed by atoms with van der Waals surface area (Å²) >= 11 is 0. The van der Waals surface area contributed by atoms with Gasteiger partial charge in [0, 0.05) is 6.26 Å². The molecule has 1 aromatic carbocycles. The van der Waals surface area contributed by atoms with Crippen LogP contribution in [0.5, 0.6) is 0 Å². The van der Waals surface area contributed by atoms with Gasteiger partial charge in [-0.2, -0.15) is 0 Å². The molecule has 0 aliphatic heterocycles. The first-order valence-corrected chi connectivity index (χ1v) is 6.10. The van der Waals surface area contributed by atoms with E-state index in [1.54, 1.807) is 0 Å². The lowest BCUT2D eigenvalue weighted by Crippen LogP contribution is -2.21. The second-order valence-corrected chi connectivity index (χ2v) is 5.32. The van der Waals surface area contributed by atoms with Crippen LogP contribution in [0.4, 0.5) is 4.39 Å². The summed E-state index contributed by atoms with van der Waals surface area (Å²) in [5, 5.41) is 8.62. The van der Waals surface area contributed by atoms with Crippen molar-refractivity contribution in [3.8, 4) is 0 Å². The third-order valence-corrected chi connectivity index (χ3v) is 3.04. The molecule has 7 heteroatoms. The standard InChI is InChI=1S/C9H10FNO4S/c1-16(14,15)7-3-5(2-6(10)4-7)8(11)9(12)13/h2-4,8H,11H2,1H3,(H,12,13). The fourth-order valence-corrected chi connectivity index (χ4v) is 1.80.